The van der Waals surface area contributed by atoms with Gasteiger partial charge in [0.2, 0.25) is 0 Å². The van der Waals surface area contributed by atoms with Crippen molar-refractivity contribution in [3.05, 3.63) is 26.8 Å². The fourth-order valence-corrected chi connectivity index (χ4v) is 1.34. The zero-order chi connectivity index (χ0) is 8.27. The van der Waals surface area contributed by atoms with Crippen LogP contribution in [0, 0.1) is 3.57 Å². The summed E-state index contributed by atoms with van der Waals surface area (Å²) in [5.74, 6) is 0. The molecule has 0 N–H and O–H groups in total. The van der Waals surface area contributed by atoms with Gasteiger partial charge in [-0.1, -0.05) is 11.6 Å². The zero-order valence-electron chi connectivity index (χ0n) is 5.34. The van der Waals surface area contributed by atoms with Gasteiger partial charge in [-0.05, 0) is 53.0 Å². The van der Waals surface area contributed by atoms with E-state index in [1.807, 2.05) is 12.1 Å². The van der Waals surface area contributed by atoms with Gasteiger partial charge in [0.05, 0.1) is 10.8 Å². The highest BCUT2D eigenvalue weighted by atomic mass is 127. The standard InChI is InChI=1S/C7H3ClINS/c8-5-1-2-6(9)7(3-5)10-4-11/h1-3H. The maximum Gasteiger partial charge on any atom is 0.0887 e. The fraction of sp³-hybridized carbons (Fsp3) is 0. The van der Waals surface area contributed by atoms with Crippen LogP contribution in [0.25, 0.3) is 0 Å². The lowest BCUT2D eigenvalue weighted by atomic mass is 10.3. The monoisotopic (exact) mass is 295 g/mol. The average Bonchev–Trinajstić information content (AvgIpc) is 1.98. The lowest BCUT2D eigenvalue weighted by Gasteiger charge is -1.95. The number of rotatable bonds is 1. The molecule has 0 amide bonds. The molecule has 1 aromatic carbocycles. The van der Waals surface area contributed by atoms with Crippen LogP contribution in [0.3, 0.4) is 0 Å². The average molecular weight is 296 g/mol. The Morgan fingerprint density at radius 1 is 1.55 bits per heavy atom. The molecule has 0 saturated carbocycles. The molecule has 0 saturated heterocycles. The van der Waals surface area contributed by atoms with E-state index in [9.17, 15) is 0 Å². The van der Waals surface area contributed by atoms with Gasteiger partial charge in [-0.2, -0.15) is 4.99 Å². The van der Waals surface area contributed by atoms with Crippen molar-refractivity contribution >= 4 is 57.3 Å². The highest BCUT2D eigenvalue weighted by Crippen LogP contribution is 2.24. The van der Waals surface area contributed by atoms with Gasteiger partial charge in [-0.25, -0.2) is 0 Å². The largest absolute Gasteiger partial charge is 0.194 e. The first-order valence-electron chi connectivity index (χ1n) is 2.77. The van der Waals surface area contributed by atoms with Crippen molar-refractivity contribution in [1.29, 1.82) is 0 Å². The summed E-state index contributed by atoms with van der Waals surface area (Å²) in [4.78, 5) is 3.84. The fourth-order valence-electron chi connectivity index (χ4n) is 0.621. The zero-order valence-corrected chi connectivity index (χ0v) is 9.07. The first-order valence-corrected chi connectivity index (χ1v) is 4.63. The summed E-state index contributed by atoms with van der Waals surface area (Å²) in [6.45, 7) is 0. The number of hydrogen-bond donors (Lipinski definition) is 0. The van der Waals surface area contributed by atoms with E-state index in [-0.39, 0.29) is 0 Å². The van der Waals surface area contributed by atoms with E-state index in [0.717, 1.165) is 9.26 Å². The second-order valence-corrected chi connectivity index (χ2v) is 3.58. The lowest BCUT2D eigenvalue weighted by molar-refractivity contribution is 1.51. The van der Waals surface area contributed by atoms with Crippen LogP contribution in [0.4, 0.5) is 5.69 Å². The number of hydrogen-bond acceptors (Lipinski definition) is 2. The minimum atomic E-state index is 0.661. The predicted octanol–water partition coefficient (Wildman–Crippen LogP) is 3.68. The van der Waals surface area contributed by atoms with Crippen molar-refractivity contribution in [3.8, 4) is 0 Å². The van der Waals surface area contributed by atoms with Gasteiger partial charge in [0, 0.05) is 8.59 Å². The first-order chi connectivity index (χ1) is 5.24. The Kier molecular flexibility index (Phi) is 3.45. The molecule has 0 aliphatic heterocycles. The Balaban J connectivity index is 3.22. The van der Waals surface area contributed by atoms with Crippen molar-refractivity contribution in [2.24, 2.45) is 4.99 Å². The van der Waals surface area contributed by atoms with Gasteiger partial charge in [-0.3, -0.25) is 0 Å². The Morgan fingerprint density at radius 3 is 2.91 bits per heavy atom. The summed E-state index contributed by atoms with van der Waals surface area (Å²) in [6, 6.07) is 5.45. The van der Waals surface area contributed by atoms with E-state index in [2.05, 4.69) is 45.0 Å². The molecule has 56 valence electrons. The van der Waals surface area contributed by atoms with Gasteiger partial charge < -0.3 is 0 Å². The second kappa shape index (κ2) is 4.16. The van der Waals surface area contributed by atoms with Crippen LogP contribution in [0.2, 0.25) is 5.02 Å². The quantitative estimate of drug-likeness (QED) is 0.437. The molecule has 0 fully saturated rings. The summed E-state index contributed by atoms with van der Waals surface area (Å²) < 4.78 is 1.02. The third-order valence-corrected chi connectivity index (χ3v) is 2.31. The van der Waals surface area contributed by atoms with Crippen LogP contribution in [-0.2, 0) is 0 Å². The summed E-state index contributed by atoms with van der Waals surface area (Å²) in [7, 11) is 0. The second-order valence-electron chi connectivity index (χ2n) is 1.80. The Morgan fingerprint density at radius 2 is 2.27 bits per heavy atom. The summed E-state index contributed by atoms with van der Waals surface area (Å²) in [5, 5.41) is 2.96. The molecule has 0 heterocycles. The summed E-state index contributed by atoms with van der Waals surface area (Å²) in [5.41, 5.74) is 0.771. The topological polar surface area (TPSA) is 12.4 Å². The molecule has 1 aromatic rings. The van der Waals surface area contributed by atoms with Crippen LogP contribution in [0.1, 0.15) is 0 Å². The van der Waals surface area contributed by atoms with Gasteiger partial charge >= 0.3 is 0 Å². The molecule has 1 rings (SSSR count). The number of isothiocyanates is 1. The van der Waals surface area contributed by atoms with Crippen molar-refractivity contribution in [2.45, 2.75) is 0 Å². The summed E-state index contributed by atoms with van der Waals surface area (Å²) >= 11 is 12.4. The molecule has 4 heteroatoms. The Bertz CT molecular complexity index is 320. The molecule has 0 spiro atoms. The molecular weight excluding hydrogens is 293 g/mol. The third kappa shape index (κ3) is 2.52. The minimum Gasteiger partial charge on any atom is -0.194 e. The van der Waals surface area contributed by atoms with Crippen LogP contribution < -0.4 is 0 Å². The lowest BCUT2D eigenvalue weighted by Crippen LogP contribution is -1.71. The van der Waals surface area contributed by atoms with E-state index in [0.29, 0.717) is 5.02 Å². The minimum absolute atomic E-state index is 0.661. The number of aliphatic imine (C=N–C) groups is 1. The van der Waals surface area contributed by atoms with Crippen molar-refractivity contribution in [3.63, 3.8) is 0 Å². The van der Waals surface area contributed by atoms with Gasteiger partial charge in [0.1, 0.15) is 0 Å². The number of halogens is 2. The van der Waals surface area contributed by atoms with Crippen LogP contribution in [0.5, 0.6) is 0 Å². The highest BCUT2D eigenvalue weighted by Gasteiger charge is 1.96. The number of nitrogens with zero attached hydrogens (tertiary/aromatic N) is 1. The molecule has 0 atom stereocenters. The molecule has 0 aliphatic carbocycles. The number of thiocarbonyl (C=S) groups is 1. The highest BCUT2D eigenvalue weighted by molar-refractivity contribution is 14.1. The summed E-state index contributed by atoms with van der Waals surface area (Å²) in [6.07, 6.45) is 0. The van der Waals surface area contributed by atoms with Crippen LogP contribution >= 0.6 is 46.4 Å². The van der Waals surface area contributed by atoms with Crippen LogP contribution in [-0.4, -0.2) is 5.16 Å². The maximum absolute atomic E-state index is 5.73. The first kappa shape index (κ1) is 9.13. The molecular formula is C7H3ClINS. The normalized spacial score (nSPS) is 8.91. The van der Waals surface area contributed by atoms with Crippen molar-refractivity contribution in [2.75, 3.05) is 0 Å². The third-order valence-electron chi connectivity index (χ3n) is 1.07. The molecule has 0 radical (unpaired) electrons. The van der Waals surface area contributed by atoms with E-state index < -0.39 is 0 Å². The smallest absolute Gasteiger partial charge is 0.0887 e. The molecule has 11 heavy (non-hydrogen) atoms. The van der Waals surface area contributed by atoms with E-state index in [1.165, 1.54) is 0 Å². The van der Waals surface area contributed by atoms with E-state index in [4.69, 9.17) is 11.6 Å². The van der Waals surface area contributed by atoms with E-state index >= 15 is 0 Å². The maximum atomic E-state index is 5.73. The SMILES string of the molecule is S=C=Nc1cc(Cl)ccc1I. The van der Waals surface area contributed by atoms with Crippen molar-refractivity contribution in [1.82, 2.24) is 0 Å². The van der Waals surface area contributed by atoms with Gasteiger partial charge in [0.25, 0.3) is 0 Å². The molecule has 0 unspecified atom stereocenters. The molecule has 0 aliphatic rings. The molecule has 1 nitrogen and oxygen atoms in total. The van der Waals surface area contributed by atoms with Crippen LogP contribution in [0.15, 0.2) is 23.2 Å². The van der Waals surface area contributed by atoms with Gasteiger partial charge in [0.15, 0.2) is 0 Å². The molecule has 0 bridgehead atoms. The molecule has 0 aromatic heterocycles. The predicted molar refractivity (Wildman–Crippen MR) is 58.9 cm³/mol. The Hall–Kier alpha value is 0.0400. The van der Waals surface area contributed by atoms with Gasteiger partial charge in [-0.15, -0.1) is 0 Å². The number of benzene rings is 1. The van der Waals surface area contributed by atoms with E-state index in [1.54, 1.807) is 6.07 Å². The Labute approximate surface area is 88.6 Å². The van der Waals surface area contributed by atoms with Crippen molar-refractivity contribution < 1.29 is 0 Å².